The predicted molar refractivity (Wildman–Crippen MR) is 105 cm³/mol. The maximum Gasteiger partial charge on any atom is 0.256 e. The molecule has 1 aromatic rings. The van der Waals surface area contributed by atoms with Gasteiger partial charge in [0.15, 0.2) is 0 Å². The van der Waals surface area contributed by atoms with Gasteiger partial charge in [0.25, 0.3) is 5.91 Å². The highest BCUT2D eigenvalue weighted by atomic mass is 19.1. The van der Waals surface area contributed by atoms with E-state index in [-0.39, 0.29) is 23.0 Å². The summed E-state index contributed by atoms with van der Waals surface area (Å²) in [7, 11) is 0. The highest BCUT2D eigenvalue weighted by Crippen LogP contribution is 2.39. The molecule has 0 radical (unpaired) electrons. The summed E-state index contributed by atoms with van der Waals surface area (Å²) in [6.45, 7) is 4.36. The van der Waals surface area contributed by atoms with E-state index < -0.39 is 5.82 Å². The van der Waals surface area contributed by atoms with Crippen LogP contribution in [0.25, 0.3) is 0 Å². The highest BCUT2D eigenvalue weighted by molar-refractivity contribution is 5.94. The van der Waals surface area contributed by atoms with E-state index in [2.05, 4.69) is 0 Å². The fraction of sp³-hybridized carbons (Fsp3) is 0.636. The Morgan fingerprint density at radius 1 is 1.03 bits per heavy atom. The zero-order valence-electron chi connectivity index (χ0n) is 16.8. The van der Waals surface area contributed by atoms with Crippen molar-refractivity contribution >= 4 is 11.8 Å². The van der Waals surface area contributed by atoms with Crippen molar-refractivity contribution in [3.63, 3.8) is 0 Å². The van der Waals surface area contributed by atoms with Gasteiger partial charge in [-0.1, -0.05) is 12.1 Å². The van der Waals surface area contributed by atoms with E-state index in [1.807, 2.05) is 4.90 Å². The van der Waals surface area contributed by atoms with Gasteiger partial charge in [-0.2, -0.15) is 0 Å². The first-order chi connectivity index (χ1) is 14.1. The molecule has 1 atom stereocenters. The van der Waals surface area contributed by atoms with E-state index in [0.717, 1.165) is 25.7 Å². The lowest BCUT2D eigenvalue weighted by atomic mass is 9.78. The van der Waals surface area contributed by atoms with Gasteiger partial charge < -0.3 is 19.3 Å². The molecule has 3 heterocycles. The van der Waals surface area contributed by atoms with Crippen LogP contribution in [0.3, 0.4) is 0 Å². The number of carbonyl (C=O) groups excluding carboxylic acids is 2. The molecule has 0 saturated carbocycles. The van der Waals surface area contributed by atoms with E-state index in [9.17, 15) is 14.0 Å². The van der Waals surface area contributed by atoms with Crippen LogP contribution in [0.5, 0.6) is 0 Å². The van der Waals surface area contributed by atoms with Crippen molar-refractivity contribution in [3.05, 3.63) is 35.6 Å². The minimum absolute atomic E-state index is 0.127. The molecule has 0 N–H and O–H groups in total. The third kappa shape index (κ3) is 4.61. The smallest absolute Gasteiger partial charge is 0.256 e. The topological polar surface area (TPSA) is 59.1 Å². The van der Waals surface area contributed by atoms with Gasteiger partial charge in [0.1, 0.15) is 5.82 Å². The summed E-state index contributed by atoms with van der Waals surface area (Å²) >= 11 is 0. The fourth-order valence-corrected chi connectivity index (χ4v) is 4.76. The number of ether oxygens (including phenoxy) is 2. The summed E-state index contributed by atoms with van der Waals surface area (Å²) in [5.41, 5.74) is -0.137. The van der Waals surface area contributed by atoms with Gasteiger partial charge in [-0.25, -0.2) is 4.39 Å². The monoisotopic (exact) mass is 404 g/mol. The first kappa shape index (κ1) is 20.3. The quantitative estimate of drug-likeness (QED) is 0.777. The number of amides is 2. The third-order valence-corrected chi connectivity index (χ3v) is 6.49. The molecule has 0 aromatic heterocycles. The van der Waals surface area contributed by atoms with E-state index in [1.165, 1.54) is 12.1 Å². The maximum absolute atomic E-state index is 14.0. The number of carbonyl (C=O) groups is 2. The lowest BCUT2D eigenvalue weighted by Gasteiger charge is -2.46. The largest absolute Gasteiger partial charge is 0.378 e. The third-order valence-electron chi connectivity index (χ3n) is 6.49. The number of benzene rings is 1. The molecule has 3 saturated heterocycles. The van der Waals surface area contributed by atoms with E-state index >= 15 is 0 Å². The van der Waals surface area contributed by atoms with Gasteiger partial charge in [-0.15, -0.1) is 0 Å². The average molecular weight is 404 g/mol. The Morgan fingerprint density at radius 2 is 1.76 bits per heavy atom. The molecule has 158 valence electrons. The summed E-state index contributed by atoms with van der Waals surface area (Å²) in [6.07, 6.45) is 3.77. The van der Waals surface area contributed by atoms with Crippen molar-refractivity contribution in [1.82, 2.24) is 9.80 Å². The molecule has 4 rings (SSSR count). The lowest BCUT2D eigenvalue weighted by Crippen LogP contribution is -2.51. The van der Waals surface area contributed by atoms with Crippen molar-refractivity contribution < 1.29 is 23.5 Å². The number of nitrogens with zero attached hydrogens (tertiary/aromatic N) is 2. The van der Waals surface area contributed by atoms with Crippen LogP contribution in [0.4, 0.5) is 4.39 Å². The standard InChI is InChI=1S/C22H29FN2O4/c23-19-4-2-1-3-18(19)21(27)25-8-6-22(7-9-25)16-17(5-12-29-22)15-20(26)24-10-13-28-14-11-24/h1-4,17H,5-16H2. The van der Waals surface area contributed by atoms with E-state index in [0.29, 0.717) is 58.3 Å². The van der Waals surface area contributed by atoms with Crippen LogP contribution < -0.4 is 0 Å². The maximum atomic E-state index is 14.0. The lowest BCUT2D eigenvalue weighted by molar-refractivity contribution is -0.143. The molecular formula is C22H29FN2O4. The number of hydrogen-bond donors (Lipinski definition) is 0. The van der Waals surface area contributed by atoms with Gasteiger partial charge >= 0.3 is 0 Å². The van der Waals surface area contributed by atoms with Crippen molar-refractivity contribution in [2.75, 3.05) is 46.0 Å². The summed E-state index contributed by atoms with van der Waals surface area (Å²) in [5, 5.41) is 0. The Hall–Kier alpha value is -1.99. The average Bonchev–Trinajstić information content (AvgIpc) is 2.75. The van der Waals surface area contributed by atoms with Crippen LogP contribution in [0.2, 0.25) is 0 Å². The van der Waals surface area contributed by atoms with Crippen molar-refractivity contribution in [3.8, 4) is 0 Å². The molecule has 0 bridgehead atoms. The Labute approximate surface area is 170 Å². The van der Waals surface area contributed by atoms with Crippen LogP contribution in [-0.2, 0) is 14.3 Å². The van der Waals surface area contributed by atoms with Crippen LogP contribution in [0.1, 0.15) is 42.5 Å². The fourth-order valence-electron chi connectivity index (χ4n) is 4.76. The first-order valence-electron chi connectivity index (χ1n) is 10.6. The van der Waals surface area contributed by atoms with Crippen molar-refractivity contribution in [1.29, 1.82) is 0 Å². The van der Waals surface area contributed by atoms with Gasteiger partial charge in [0, 0.05) is 39.2 Å². The van der Waals surface area contributed by atoms with E-state index in [1.54, 1.807) is 17.0 Å². The Morgan fingerprint density at radius 3 is 2.48 bits per heavy atom. The van der Waals surface area contributed by atoms with Gasteiger partial charge in [-0.05, 0) is 43.7 Å². The van der Waals surface area contributed by atoms with Crippen molar-refractivity contribution in [2.45, 2.75) is 37.7 Å². The minimum atomic E-state index is -0.478. The molecule has 0 aliphatic carbocycles. The molecule has 1 spiro atoms. The Kier molecular flexibility index (Phi) is 6.15. The van der Waals surface area contributed by atoms with Gasteiger partial charge in [-0.3, -0.25) is 9.59 Å². The molecule has 1 unspecified atom stereocenters. The van der Waals surface area contributed by atoms with Gasteiger partial charge in [0.2, 0.25) is 5.91 Å². The van der Waals surface area contributed by atoms with Crippen LogP contribution >= 0.6 is 0 Å². The molecule has 1 aromatic carbocycles. The Balaban J connectivity index is 1.32. The summed E-state index contributed by atoms with van der Waals surface area (Å²) < 4.78 is 25.4. The molecule has 29 heavy (non-hydrogen) atoms. The van der Waals surface area contributed by atoms with Crippen LogP contribution in [0.15, 0.2) is 24.3 Å². The van der Waals surface area contributed by atoms with Gasteiger partial charge in [0.05, 0.1) is 24.4 Å². The molecule has 3 aliphatic heterocycles. The number of hydrogen-bond acceptors (Lipinski definition) is 4. The Bertz CT molecular complexity index is 742. The molecule has 7 heteroatoms. The van der Waals surface area contributed by atoms with Crippen LogP contribution in [-0.4, -0.2) is 73.2 Å². The van der Waals surface area contributed by atoms with E-state index in [4.69, 9.17) is 9.47 Å². The number of morpholine rings is 1. The second-order valence-corrected chi connectivity index (χ2v) is 8.36. The molecule has 6 nitrogen and oxygen atoms in total. The zero-order chi connectivity index (χ0) is 20.3. The zero-order valence-corrected chi connectivity index (χ0v) is 16.8. The minimum Gasteiger partial charge on any atom is -0.378 e. The number of rotatable bonds is 3. The molecule has 3 aliphatic rings. The number of piperidine rings is 1. The second-order valence-electron chi connectivity index (χ2n) is 8.36. The number of halogens is 1. The predicted octanol–water partition coefficient (Wildman–Crippen LogP) is 2.48. The highest BCUT2D eigenvalue weighted by Gasteiger charge is 2.42. The summed E-state index contributed by atoms with van der Waals surface area (Å²) in [6, 6.07) is 6.12. The van der Waals surface area contributed by atoms with Crippen molar-refractivity contribution in [2.24, 2.45) is 5.92 Å². The summed E-state index contributed by atoms with van der Waals surface area (Å²) in [5.74, 6) is -0.211. The normalized spacial score (nSPS) is 24.5. The first-order valence-corrected chi connectivity index (χ1v) is 10.6. The SMILES string of the molecule is O=C(CC1CCOC2(CCN(C(=O)c3ccccc3F)CC2)C1)N1CCOCC1. The van der Waals surface area contributed by atoms with Crippen LogP contribution in [0, 0.1) is 11.7 Å². The second kappa shape index (κ2) is 8.79. The number of likely N-dealkylation sites (tertiary alicyclic amines) is 1. The molecule has 3 fully saturated rings. The summed E-state index contributed by atoms with van der Waals surface area (Å²) in [4.78, 5) is 28.9. The molecule has 2 amide bonds. The molecular weight excluding hydrogens is 375 g/mol.